The number of thioether (sulfide) groups is 1. The van der Waals surface area contributed by atoms with Crippen molar-refractivity contribution < 1.29 is 23.9 Å². The first kappa shape index (κ1) is 23.6. The Kier molecular flexibility index (Phi) is 7.02. The van der Waals surface area contributed by atoms with E-state index >= 15 is 0 Å². The first-order chi connectivity index (χ1) is 16.4. The third-order valence-corrected chi connectivity index (χ3v) is 6.63. The molecule has 176 valence electrons. The molecule has 2 aromatic carbocycles. The quantitative estimate of drug-likeness (QED) is 0.613. The van der Waals surface area contributed by atoms with Gasteiger partial charge in [-0.15, -0.1) is 0 Å². The van der Waals surface area contributed by atoms with E-state index in [0.717, 1.165) is 27.8 Å². The molecule has 2 fully saturated rings. The monoisotopic (exact) mass is 479 g/mol. The molecule has 0 radical (unpaired) electrons. The summed E-state index contributed by atoms with van der Waals surface area (Å²) in [5.41, 5.74) is 2.46. The Bertz CT molecular complexity index is 1160. The zero-order chi connectivity index (χ0) is 24.2. The molecule has 2 aliphatic heterocycles. The lowest BCUT2D eigenvalue weighted by atomic mass is 10.1. The number of carbonyl (C=O) groups is 4. The number of benzene rings is 2. The molecule has 2 aromatic rings. The minimum absolute atomic E-state index is 0.0681. The molecule has 34 heavy (non-hydrogen) atoms. The van der Waals surface area contributed by atoms with E-state index < -0.39 is 5.92 Å². The van der Waals surface area contributed by atoms with Gasteiger partial charge in [-0.1, -0.05) is 36.4 Å². The van der Waals surface area contributed by atoms with Crippen molar-refractivity contribution in [2.45, 2.75) is 13.3 Å². The molecular weight excluding hydrogens is 454 g/mol. The number of methoxy groups -OCH3 is 1. The van der Waals surface area contributed by atoms with Crippen molar-refractivity contribution >= 4 is 46.5 Å². The van der Waals surface area contributed by atoms with Crippen LogP contribution in [0.25, 0.3) is 6.08 Å². The molecule has 9 heteroatoms. The van der Waals surface area contributed by atoms with E-state index in [1.807, 2.05) is 49.4 Å². The van der Waals surface area contributed by atoms with E-state index in [4.69, 9.17) is 4.74 Å². The van der Waals surface area contributed by atoms with Crippen LogP contribution in [0.5, 0.6) is 5.75 Å². The van der Waals surface area contributed by atoms with Gasteiger partial charge in [0.05, 0.1) is 23.6 Å². The number of ether oxygens (including phenoxy) is 1. The Morgan fingerprint density at radius 3 is 2.68 bits per heavy atom. The minimum atomic E-state index is -0.523. The summed E-state index contributed by atoms with van der Waals surface area (Å²) in [6.45, 7) is 2.35. The summed E-state index contributed by atoms with van der Waals surface area (Å²) < 4.78 is 5.37. The van der Waals surface area contributed by atoms with E-state index in [-0.39, 0.29) is 49.0 Å². The highest BCUT2D eigenvalue weighted by molar-refractivity contribution is 8.18. The van der Waals surface area contributed by atoms with Crippen LogP contribution in [0.2, 0.25) is 0 Å². The maximum atomic E-state index is 12.7. The molecule has 0 spiro atoms. The number of aryl methyl sites for hydroxylation is 1. The SMILES string of the molecule is COc1ccc(C)cc1N1C[C@@H](C(=O)NCCN2C(=O)S/C(=C\c3ccccc3)C2=O)CC1=O. The Hall–Kier alpha value is -3.59. The van der Waals surface area contributed by atoms with Crippen LogP contribution >= 0.6 is 11.8 Å². The van der Waals surface area contributed by atoms with Crippen LogP contribution in [0, 0.1) is 12.8 Å². The van der Waals surface area contributed by atoms with Crippen LogP contribution in [0.3, 0.4) is 0 Å². The number of nitrogens with one attached hydrogen (secondary N) is 1. The van der Waals surface area contributed by atoms with Gasteiger partial charge in [0.2, 0.25) is 11.8 Å². The molecule has 2 aliphatic rings. The molecular formula is C25H25N3O5S. The number of imide groups is 1. The lowest BCUT2D eigenvalue weighted by molar-refractivity contribution is -0.127. The molecule has 4 rings (SSSR count). The van der Waals surface area contributed by atoms with E-state index in [2.05, 4.69) is 5.32 Å². The molecule has 0 aromatic heterocycles. The third kappa shape index (κ3) is 4.99. The average molecular weight is 480 g/mol. The molecule has 4 amide bonds. The summed E-state index contributed by atoms with van der Waals surface area (Å²) in [5.74, 6) is -0.759. The smallest absolute Gasteiger partial charge is 0.293 e. The maximum Gasteiger partial charge on any atom is 0.293 e. The lowest BCUT2D eigenvalue weighted by Gasteiger charge is -2.20. The summed E-state index contributed by atoms with van der Waals surface area (Å²) in [6.07, 6.45) is 1.77. The van der Waals surface area contributed by atoms with Crippen molar-refractivity contribution in [3.05, 3.63) is 64.6 Å². The van der Waals surface area contributed by atoms with Crippen molar-refractivity contribution in [1.29, 1.82) is 0 Å². The largest absolute Gasteiger partial charge is 0.495 e. The number of rotatable bonds is 7. The van der Waals surface area contributed by atoms with Crippen LogP contribution < -0.4 is 15.0 Å². The van der Waals surface area contributed by atoms with E-state index in [9.17, 15) is 19.2 Å². The van der Waals surface area contributed by atoms with Gasteiger partial charge in [-0.2, -0.15) is 0 Å². The molecule has 1 atom stereocenters. The first-order valence-corrected chi connectivity index (χ1v) is 11.7. The summed E-state index contributed by atoms with van der Waals surface area (Å²) in [7, 11) is 1.54. The summed E-state index contributed by atoms with van der Waals surface area (Å²) in [5, 5.41) is 2.40. The molecule has 0 bridgehead atoms. The molecule has 2 saturated heterocycles. The fourth-order valence-electron chi connectivity index (χ4n) is 3.96. The van der Waals surface area contributed by atoms with E-state index in [1.165, 1.54) is 0 Å². The lowest BCUT2D eigenvalue weighted by Crippen LogP contribution is -2.40. The summed E-state index contributed by atoms with van der Waals surface area (Å²) in [6, 6.07) is 14.9. The zero-order valence-corrected chi connectivity index (χ0v) is 19.8. The number of hydrogen-bond donors (Lipinski definition) is 1. The highest BCUT2D eigenvalue weighted by atomic mass is 32.2. The number of carbonyl (C=O) groups excluding carboxylic acids is 4. The number of amides is 4. The topological polar surface area (TPSA) is 96.0 Å². The van der Waals surface area contributed by atoms with Crippen LogP contribution in [0.1, 0.15) is 17.5 Å². The predicted octanol–water partition coefficient (Wildman–Crippen LogP) is 3.21. The summed E-state index contributed by atoms with van der Waals surface area (Å²) >= 11 is 0.886. The van der Waals surface area contributed by atoms with Gasteiger partial charge in [0.15, 0.2) is 0 Å². The molecule has 0 unspecified atom stereocenters. The van der Waals surface area contributed by atoms with Gasteiger partial charge in [-0.25, -0.2) is 0 Å². The first-order valence-electron chi connectivity index (χ1n) is 10.9. The Balaban J connectivity index is 1.33. The van der Waals surface area contributed by atoms with Gasteiger partial charge in [-0.3, -0.25) is 24.1 Å². The molecule has 0 saturated carbocycles. The maximum absolute atomic E-state index is 12.7. The van der Waals surface area contributed by atoms with Crippen LogP contribution in [-0.2, 0) is 14.4 Å². The van der Waals surface area contributed by atoms with Gasteiger partial charge in [0, 0.05) is 26.1 Å². The number of hydrogen-bond acceptors (Lipinski definition) is 6. The predicted molar refractivity (Wildman–Crippen MR) is 130 cm³/mol. The number of anilines is 1. The van der Waals surface area contributed by atoms with E-state index in [1.54, 1.807) is 24.2 Å². The van der Waals surface area contributed by atoms with Crippen LogP contribution in [0.4, 0.5) is 10.5 Å². The second-order valence-corrected chi connectivity index (χ2v) is 9.11. The molecule has 8 nitrogen and oxygen atoms in total. The van der Waals surface area contributed by atoms with Gasteiger partial charge < -0.3 is 15.0 Å². The number of nitrogens with zero attached hydrogens (tertiary/aromatic N) is 2. The van der Waals surface area contributed by atoms with Crippen LogP contribution in [0.15, 0.2) is 53.4 Å². The second kappa shape index (κ2) is 10.1. The highest BCUT2D eigenvalue weighted by Crippen LogP contribution is 2.34. The Labute approximate surface area is 201 Å². The fourth-order valence-corrected chi connectivity index (χ4v) is 4.82. The van der Waals surface area contributed by atoms with Crippen molar-refractivity contribution in [3.63, 3.8) is 0 Å². The Morgan fingerprint density at radius 1 is 1.18 bits per heavy atom. The molecule has 2 heterocycles. The highest BCUT2D eigenvalue weighted by Gasteiger charge is 2.37. The van der Waals surface area contributed by atoms with Gasteiger partial charge in [0.1, 0.15) is 5.75 Å². The van der Waals surface area contributed by atoms with E-state index in [0.29, 0.717) is 16.3 Å². The zero-order valence-electron chi connectivity index (χ0n) is 18.9. The standard InChI is InChI=1S/C25H25N3O5S/c1-16-8-9-20(33-2)19(12-16)28-15-18(14-22(28)29)23(30)26-10-11-27-24(31)21(34-25(27)32)13-17-6-4-3-5-7-17/h3-9,12-13,18H,10-11,14-15H2,1-2H3,(H,26,30)/b21-13-/t18-/m0/s1. The molecule has 0 aliphatic carbocycles. The van der Waals surface area contributed by atoms with Crippen molar-refractivity contribution in [2.75, 3.05) is 31.6 Å². The van der Waals surface area contributed by atoms with Crippen LogP contribution in [-0.4, -0.2) is 54.6 Å². The van der Waals surface area contributed by atoms with Gasteiger partial charge >= 0.3 is 0 Å². The third-order valence-electron chi connectivity index (χ3n) is 5.73. The molecule has 1 N–H and O–H groups in total. The fraction of sp³-hybridized carbons (Fsp3) is 0.280. The van der Waals surface area contributed by atoms with Gasteiger partial charge in [-0.05, 0) is 48.0 Å². The normalized spacial score (nSPS) is 19.3. The van der Waals surface area contributed by atoms with Gasteiger partial charge in [0.25, 0.3) is 11.1 Å². The average Bonchev–Trinajstić information content (AvgIpc) is 3.34. The second-order valence-electron chi connectivity index (χ2n) is 8.12. The van der Waals surface area contributed by atoms with Crippen molar-refractivity contribution in [1.82, 2.24) is 10.2 Å². The van der Waals surface area contributed by atoms with Crippen molar-refractivity contribution in [3.8, 4) is 5.75 Å². The Morgan fingerprint density at radius 2 is 1.94 bits per heavy atom. The minimum Gasteiger partial charge on any atom is -0.495 e. The van der Waals surface area contributed by atoms with Crippen molar-refractivity contribution in [2.24, 2.45) is 5.92 Å². The summed E-state index contributed by atoms with van der Waals surface area (Å²) in [4.78, 5) is 53.3.